The summed E-state index contributed by atoms with van der Waals surface area (Å²) in [7, 11) is 0. The molecule has 4 amide bonds. The molecule has 1 atom stereocenters. The van der Waals surface area contributed by atoms with E-state index in [-0.39, 0.29) is 35.5 Å². The first-order valence-electron chi connectivity index (χ1n) is 22.6. The molecule has 0 saturated carbocycles. The highest BCUT2D eigenvalue weighted by atomic mass is 16.5. The lowest BCUT2D eigenvalue weighted by atomic mass is 9.91. The average Bonchev–Trinajstić information content (AvgIpc) is 3.63. The maximum Gasteiger partial charge on any atom is 0.328 e. The Morgan fingerprint density at radius 2 is 1.57 bits per heavy atom. The zero-order valence-corrected chi connectivity index (χ0v) is 37.5. The number of para-hydroxylation sites is 1. The molecule has 1 unspecified atom stereocenters. The minimum Gasteiger partial charge on any atom is -0.507 e. The Bertz CT molecular complexity index is 2390. The van der Waals surface area contributed by atoms with Crippen molar-refractivity contribution < 1.29 is 24.2 Å². The average molecular weight is 860 g/mol. The van der Waals surface area contributed by atoms with Crippen molar-refractivity contribution >= 4 is 40.1 Å². The quantitative estimate of drug-likeness (QED) is 0.118. The van der Waals surface area contributed by atoms with Crippen LogP contribution in [0, 0.1) is 26.7 Å². The van der Waals surface area contributed by atoms with Gasteiger partial charge in [0.25, 0.3) is 5.91 Å². The van der Waals surface area contributed by atoms with Crippen LogP contribution in [0.1, 0.15) is 96.4 Å². The summed E-state index contributed by atoms with van der Waals surface area (Å²) in [4.78, 5) is 46.8. The second-order valence-electron chi connectivity index (χ2n) is 17.1. The third kappa shape index (κ3) is 9.52. The summed E-state index contributed by atoms with van der Waals surface area (Å²) in [6.07, 6.45) is 5.79. The van der Waals surface area contributed by atoms with Crippen molar-refractivity contribution in [1.82, 2.24) is 24.6 Å². The number of urea groups is 1. The van der Waals surface area contributed by atoms with E-state index in [1.165, 1.54) is 5.69 Å². The Kier molecular flexibility index (Phi) is 14.0. The highest BCUT2D eigenvalue weighted by Crippen LogP contribution is 2.37. The van der Waals surface area contributed by atoms with Gasteiger partial charge in [-0.3, -0.25) is 19.8 Å². The fraction of sp³-hybridized carbons (Fsp3) is 0.449. The van der Waals surface area contributed by atoms with E-state index in [1.54, 1.807) is 35.2 Å². The molecule has 14 nitrogen and oxygen atoms in total. The van der Waals surface area contributed by atoms with Gasteiger partial charge >= 0.3 is 6.03 Å². The monoisotopic (exact) mass is 860 g/mol. The topological polar surface area (TPSA) is 189 Å². The molecule has 0 spiro atoms. The number of phenolic OH excluding ortho intramolecular Hbond substituents is 1. The zero-order chi connectivity index (χ0) is 44.9. The molecule has 14 heteroatoms. The minimum atomic E-state index is -0.359. The Morgan fingerprint density at radius 3 is 2.27 bits per heavy atom. The molecule has 0 aliphatic carbocycles. The number of amides is 4. The summed E-state index contributed by atoms with van der Waals surface area (Å²) in [6.45, 7) is 16.7. The van der Waals surface area contributed by atoms with Gasteiger partial charge in [-0.05, 0) is 112 Å². The Balaban J connectivity index is 0.00000293. The number of hydrogen-bond acceptors (Lipinski definition) is 10. The third-order valence-electron chi connectivity index (χ3n) is 13.4. The number of fused-ring (bicyclic) bond motifs is 1. The highest BCUT2D eigenvalue weighted by molar-refractivity contribution is 6.09. The van der Waals surface area contributed by atoms with E-state index >= 15 is 0 Å². The van der Waals surface area contributed by atoms with Crippen LogP contribution in [0.5, 0.6) is 5.75 Å². The van der Waals surface area contributed by atoms with Crippen molar-refractivity contribution in [3.05, 3.63) is 112 Å². The maximum absolute atomic E-state index is 14.0. The summed E-state index contributed by atoms with van der Waals surface area (Å²) in [5.41, 5.74) is 27.1. The van der Waals surface area contributed by atoms with Crippen molar-refractivity contribution in [2.24, 2.45) is 23.1 Å². The second kappa shape index (κ2) is 19.6. The number of nitrogens with one attached hydrogen (secondary N) is 1. The predicted molar refractivity (Wildman–Crippen MR) is 249 cm³/mol. The highest BCUT2D eigenvalue weighted by Gasteiger charge is 2.32. The number of aromatic hydroxyl groups is 1. The molecule has 0 bridgehead atoms. The number of morpholine rings is 1. The van der Waals surface area contributed by atoms with Crippen LogP contribution in [-0.4, -0.2) is 101 Å². The van der Waals surface area contributed by atoms with Crippen LogP contribution in [0.15, 0.2) is 78.3 Å². The van der Waals surface area contributed by atoms with Gasteiger partial charge in [-0.25, -0.2) is 4.79 Å². The number of aromatic nitrogens is 1. The fourth-order valence-corrected chi connectivity index (χ4v) is 9.87. The number of likely N-dealkylation sites (tertiary alicyclic amines) is 2. The summed E-state index contributed by atoms with van der Waals surface area (Å²) in [5, 5.41) is 13.8. The van der Waals surface area contributed by atoms with Gasteiger partial charge in [0.05, 0.1) is 23.5 Å². The molecule has 63 heavy (non-hydrogen) atoms. The van der Waals surface area contributed by atoms with E-state index in [9.17, 15) is 19.5 Å². The smallest absolute Gasteiger partial charge is 0.328 e. The van der Waals surface area contributed by atoms with Gasteiger partial charge in [-0.1, -0.05) is 38.1 Å². The largest absolute Gasteiger partial charge is 0.507 e. The van der Waals surface area contributed by atoms with E-state index in [0.29, 0.717) is 61.6 Å². The number of allylic oxidation sites excluding steroid dienone is 1. The number of carbonyl (C=O) groups is 3. The number of rotatable bonds is 9. The molecule has 3 aromatic carbocycles. The Labute approximate surface area is 371 Å². The van der Waals surface area contributed by atoms with E-state index in [0.717, 1.165) is 97.3 Å². The summed E-state index contributed by atoms with van der Waals surface area (Å²) >= 11 is 0. The van der Waals surface area contributed by atoms with Crippen molar-refractivity contribution in [3.8, 4) is 5.75 Å². The van der Waals surface area contributed by atoms with Crippen LogP contribution in [0.2, 0.25) is 0 Å². The van der Waals surface area contributed by atoms with Gasteiger partial charge in [0, 0.05) is 92.7 Å². The Hall–Kier alpha value is -5.99. The summed E-state index contributed by atoms with van der Waals surface area (Å²) in [6, 6.07) is 19.2. The molecule has 4 saturated heterocycles. The van der Waals surface area contributed by atoms with Gasteiger partial charge < -0.3 is 46.3 Å². The standard InChI is InChI=1S/C47H59N9O5.C2H6/c1-29-25-37-39(55-22-17-44(58)51-47(55)60)8-6-9-40(37)56(29)33-15-18-52(19-16-33)27-32-13-20-53(21-14-32)46(59)35-12-11-34(30(2)31(35)3)43-28-54(23-24-61-43)41(45(49)50)26-38(48)36-7-4-5-10-42(36)57;1-2/h4-12,25-26,32-33,43,57H,13-24,27-28,48-50H2,1-3H3,(H,51,58,60);1-2H3/b38-26-;. The van der Waals surface area contributed by atoms with Crippen molar-refractivity contribution in [2.45, 2.75) is 78.9 Å². The molecule has 4 aliphatic heterocycles. The van der Waals surface area contributed by atoms with Gasteiger partial charge in [-0.2, -0.15) is 0 Å². The minimum absolute atomic E-state index is 0.0755. The predicted octanol–water partition coefficient (Wildman–Crippen LogP) is 6.39. The van der Waals surface area contributed by atoms with Crippen LogP contribution in [0.3, 0.4) is 0 Å². The normalized spacial score (nSPS) is 19.5. The molecular weight excluding hydrogens is 795 g/mol. The van der Waals surface area contributed by atoms with E-state index < -0.39 is 0 Å². The van der Waals surface area contributed by atoms with E-state index in [2.05, 4.69) is 45.7 Å². The van der Waals surface area contributed by atoms with Crippen LogP contribution in [0.25, 0.3) is 16.6 Å². The summed E-state index contributed by atoms with van der Waals surface area (Å²) < 4.78 is 8.72. The van der Waals surface area contributed by atoms with Gasteiger partial charge in [0.1, 0.15) is 17.7 Å². The number of anilines is 1. The molecule has 4 aromatic rings. The Morgan fingerprint density at radius 1 is 0.841 bits per heavy atom. The molecule has 0 radical (unpaired) electrons. The number of piperidine rings is 2. The number of ether oxygens (including phenoxy) is 1. The van der Waals surface area contributed by atoms with Crippen LogP contribution >= 0.6 is 0 Å². The maximum atomic E-state index is 14.0. The van der Waals surface area contributed by atoms with Crippen molar-refractivity contribution in [3.63, 3.8) is 0 Å². The number of aryl methyl sites for hydroxylation is 1. The lowest BCUT2D eigenvalue weighted by Crippen LogP contribution is -2.49. The van der Waals surface area contributed by atoms with Crippen molar-refractivity contribution in [1.29, 1.82) is 0 Å². The van der Waals surface area contributed by atoms with Gasteiger partial charge in [0.15, 0.2) is 0 Å². The zero-order valence-electron chi connectivity index (χ0n) is 37.5. The van der Waals surface area contributed by atoms with E-state index in [4.69, 9.17) is 21.9 Å². The van der Waals surface area contributed by atoms with Crippen LogP contribution in [-0.2, 0) is 9.53 Å². The number of nitrogens with zero attached hydrogens (tertiary/aromatic N) is 5. The number of imide groups is 1. The van der Waals surface area contributed by atoms with Crippen molar-refractivity contribution in [2.75, 3.05) is 63.9 Å². The number of nitrogens with two attached hydrogens (primary N) is 3. The van der Waals surface area contributed by atoms with Crippen LogP contribution in [0.4, 0.5) is 10.5 Å². The molecule has 1 aromatic heterocycles. The first kappa shape index (κ1) is 45.0. The molecule has 336 valence electrons. The van der Waals surface area contributed by atoms with Crippen LogP contribution < -0.4 is 27.4 Å². The molecule has 4 aliphatic rings. The fourth-order valence-electron chi connectivity index (χ4n) is 9.87. The molecule has 8 rings (SSSR count). The molecule has 8 N–H and O–H groups in total. The van der Waals surface area contributed by atoms with Gasteiger partial charge in [0.2, 0.25) is 5.91 Å². The van der Waals surface area contributed by atoms with Gasteiger partial charge in [-0.15, -0.1) is 0 Å². The summed E-state index contributed by atoms with van der Waals surface area (Å²) in [5.74, 6) is 0.595. The lowest BCUT2D eigenvalue weighted by molar-refractivity contribution is -0.120. The third-order valence-corrected chi connectivity index (χ3v) is 13.4. The lowest BCUT2D eigenvalue weighted by Gasteiger charge is -2.38. The molecule has 5 heterocycles. The molecule has 4 fully saturated rings. The number of hydrogen-bond donors (Lipinski definition) is 5. The molecular formula is C49H65N9O5. The second-order valence-corrected chi connectivity index (χ2v) is 17.1. The first-order valence-corrected chi connectivity index (χ1v) is 22.6. The first-order chi connectivity index (χ1) is 30.4. The SMILES string of the molecule is CC.Cc1c(C(=O)N2CCC(CN3CCC(n4c(C)cc5c(N6CCC(=O)NC6=O)cccc54)CC3)CC2)ccc(C2CN(C(/C=C(\N)c3ccccc3O)=C(N)N)CCO2)c1C. The van der Waals surface area contributed by atoms with E-state index in [1.807, 2.05) is 49.9 Å². The number of benzene rings is 3. The number of phenols is 1. The number of carbonyl (C=O) groups excluding carboxylic acids is 3.